The zero-order valence-corrected chi connectivity index (χ0v) is 6.01. The third-order valence-corrected chi connectivity index (χ3v) is 2.97. The number of hydrogen-bond donors (Lipinski definition) is 0. The zero-order valence-electron chi connectivity index (χ0n) is 6.01. The number of epoxide rings is 2. The zero-order chi connectivity index (χ0) is 6.60. The van der Waals surface area contributed by atoms with E-state index < -0.39 is 0 Å². The lowest BCUT2D eigenvalue weighted by molar-refractivity contribution is -0.0838. The summed E-state index contributed by atoms with van der Waals surface area (Å²) in [5.74, 6) is 0.728. The summed E-state index contributed by atoms with van der Waals surface area (Å²) in [5, 5.41) is 0. The summed E-state index contributed by atoms with van der Waals surface area (Å²) in [6.07, 6.45) is 7.07. The number of hydrogen-bond acceptors (Lipinski definition) is 2. The van der Waals surface area contributed by atoms with Crippen LogP contribution in [0, 0.1) is 5.92 Å². The maximum atomic E-state index is 5.31. The van der Waals surface area contributed by atoms with E-state index in [0.717, 1.165) is 5.92 Å². The van der Waals surface area contributed by atoms with Gasteiger partial charge < -0.3 is 9.47 Å². The standard InChI is InChI=1S/C8H12O2/c1-2-4-6(5-3-1)8-7(9-8)10-8/h6-7H,1-5H2. The molecule has 0 bridgehead atoms. The van der Waals surface area contributed by atoms with Gasteiger partial charge in [-0.1, -0.05) is 19.3 Å². The molecule has 0 amide bonds. The first-order valence-corrected chi connectivity index (χ1v) is 4.27. The molecule has 3 rings (SSSR count). The summed E-state index contributed by atoms with van der Waals surface area (Å²) in [5.41, 5.74) is 0. The fourth-order valence-electron chi connectivity index (χ4n) is 2.17. The van der Waals surface area contributed by atoms with Crippen molar-refractivity contribution < 1.29 is 9.47 Å². The molecule has 0 aromatic carbocycles. The van der Waals surface area contributed by atoms with Crippen LogP contribution in [0.2, 0.25) is 0 Å². The van der Waals surface area contributed by atoms with Crippen LogP contribution in [0.3, 0.4) is 0 Å². The van der Waals surface area contributed by atoms with Crippen LogP contribution in [-0.2, 0) is 9.47 Å². The van der Waals surface area contributed by atoms with Gasteiger partial charge in [0.1, 0.15) is 0 Å². The lowest BCUT2D eigenvalue weighted by Crippen LogP contribution is -2.18. The highest BCUT2D eigenvalue weighted by atomic mass is 17.0. The van der Waals surface area contributed by atoms with Gasteiger partial charge in [-0.2, -0.15) is 0 Å². The minimum Gasteiger partial charge on any atom is -0.310 e. The highest BCUT2D eigenvalue weighted by molar-refractivity contribution is 5.07. The number of rotatable bonds is 1. The van der Waals surface area contributed by atoms with Gasteiger partial charge >= 0.3 is 0 Å². The van der Waals surface area contributed by atoms with E-state index >= 15 is 0 Å². The molecule has 0 atom stereocenters. The van der Waals surface area contributed by atoms with Crippen molar-refractivity contribution in [1.82, 2.24) is 0 Å². The summed E-state index contributed by atoms with van der Waals surface area (Å²) in [6, 6.07) is 0. The van der Waals surface area contributed by atoms with Gasteiger partial charge in [-0.3, -0.25) is 0 Å². The van der Waals surface area contributed by atoms with E-state index in [2.05, 4.69) is 0 Å². The van der Waals surface area contributed by atoms with Crippen molar-refractivity contribution >= 4 is 0 Å². The molecule has 0 unspecified atom stereocenters. The summed E-state index contributed by atoms with van der Waals surface area (Å²) in [4.78, 5) is 0. The summed E-state index contributed by atoms with van der Waals surface area (Å²) < 4.78 is 10.6. The summed E-state index contributed by atoms with van der Waals surface area (Å²) in [6.45, 7) is 0. The Bertz CT molecular complexity index is 155. The third-order valence-electron chi connectivity index (χ3n) is 2.97. The van der Waals surface area contributed by atoms with Crippen molar-refractivity contribution in [3.63, 3.8) is 0 Å². The first kappa shape index (κ1) is 5.56. The molecule has 2 saturated heterocycles. The first-order chi connectivity index (χ1) is 4.92. The first-order valence-electron chi connectivity index (χ1n) is 4.27. The lowest BCUT2D eigenvalue weighted by atomic mass is 9.87. The van der Waals surface area contributed by atoms with E-state index in [0.29, 0.717) is 0 Å². The number of fused-ring (bicyclic) bond motifs is 1. The van der Waals surface area contributed by atoms with Crippen molar-refractivity contribution in [2.45, 2.75) is 44.2 Å². The molecule has 3 fully saturated rings. The van der Waals surface area contributed by atoms with E-state index in [1.165, 1.54) is 32.1 Å². The minimum atomic E-state index is -0.0135. The van der Waals surface area contributed by atoms with E-state index in [4.69, 9.17) is 9.47 Å². The maximum absolute atomic E-state index is 5.31. The SMILES string of the molecule is C1CCC(C23OC2O3)CC1. The molecular formula is C8H12O2. The van der Waals surface area contributed by atoms with Gasteiger partial charge in [-0.15, -0.1) is 0 Å². The normalized spacial score (nSPS) is 52.2. The van der Waals surface area contributed by atoms with Gasteiger partial charge in [0.05, 0.1) is 0 Å². The molecule has 0 aromatic rings. The molecule has 2 nitrogen and oxygen atoms in total. The minimum absolute atomic E-state index is 0.0135. The Morgan fingerprint density at radius 2 is 1.60 bits per heavy atom. The van der Waals surface area contributed by atoms with E-state index in [-0.39, 0.29) is 12.1 Å². The van der Waals surface area contributed by atoms with Gasteiger partial charge in [0, 0.05) is 5.92 Å². The fourth-order valence-corrected chi connectivity index (χ4v) is 2.17. The van der Waals surface area contributed by atoms with E-state index in [1.807, 2.05) is 0 Å². The van der Waals surface area contributed by atoms with Gasteiger partial charge in [0.15, 0.2) is 0 Å². The molecule has 0 spiro atoms. The molecule has 0 N–H and O–H groups in total. The predicted octanol–water partition coefficient (Wildman–Crippen LogP) is 1.65. The molecule has 0 radical (unpaired) electrons. The van der Waals surface area contributed by atoms with Crippen LogP contribution in [0.15, 0.2) is 0 Å². The maximum Gasteiger partial charge on any atom is 0.228 e. The molecule has 1 aliphatic carbocycles. The second kappa shape index (κ2) is 1.56. The monoisotopic (exact) mass is 140 g/mol. The summed E-state index contributed by atoms with van der Waals surface area (Å²) in [7, 11) is 0. The number of ether oxygens (including phenoxy) is 2. The summed E-state index contributed by atoms with van der Waals surface area (Å²) >= 11 is 0. The average molecular weight is 140 g/mol. The Balaban J connectivity index is 1.69. The molecule has 2 heterocycles. The van der Waals surface area contributed by atoms with E-state index in [1.54, 1.807) is 0 Å². The van der Waals surface area contributed by atoms with Crippen molar-refractivity contribution in [3.8, 4) is 0 Å². The average Bonchev–Trinajstić information content (AvgIpc) is 2.74. The van der Waals surface area contributed by atoms with Crippen LogP contribution in [0.5, 0.6) is 0 Å². The van der Waals surface area contributed by atoms with Crippen LogP contribution in [0.4, 0.5) is 0 Å². The van der Waals surface area contributed by atoms with Crippen molar-refractivity contribution in [1.29, 1.82) is 0 Å². The fraction of sp³-hybridized carbons (Fsp3) is 1.00. The Hall–Kier alpha value is -0.0800. The quantitative estimate of drug-likeness (QED) is 0.517. The molecule has 3 aliphatic rings. The second-order valence-electron chi connectivity index (χ2n) is 3.62. The molecule has 1 saturated carbocycles. The van der Waals surface area contributed by atoms with Crippen molar-refractivity contribution in [2.75, 3.05) is 0 Å². The molecule has 10 heavy (non-hydrogen) atoms. The van der Waals surface area contributed by atoms with Crippen LogP contribution in [0.25, 0.3) is 0 Å². The van der Waals surface area contributed by atoms with Gasteiger partial charge in [-0.25, -0.2) is 0 Å². The van der Waals surface area contributed by atoms with Crippen LogP contribution in [0.1, 0.15) is 32.1 Å². The lowest BCUT2D eigenvalue weighted by Gasteiger charge is -2.20. The van der Waals surface area contributed by atoms with Gasteiger partial charge in [0.2, 0.25) is 12.1 Å². The topological polar surface area (TPSA) is 25.1 Å². The highest BCUT2D eigenvalue weighted by Crippen LogP contribution is 2.63. The Kier molecular flexibility index (Phi) is 0.868. The van der Waals surface area contributed by atoms with Crippen molar-refractivity contribution in [2.24, 2.45) is 5.92 Å². The predicted molar refractivity (Wildman–Crippen MR) is 35.3 cm³/mol. The largest absolute Gasteiger partial charge is 0.310 e. The van der Waals surface area contributed by atoms with Crippen LogP contribution >= 0.6 is 0 Å². The molecule has 56 valence electrons. The Labute approximate surface area is 60.5 Å². The van der Waals surface area contributed by atoms with Crippen LogP contribution < -0.4 is 0 Å². The second-order valence-corrected chi connectivity index (χ2v) is 3.62. The van der Waals surface area contributed by atoms with Gasteiger partial charge in [-0.05, 0) is 12.8 Å². The Morgan fingerprint density at radius 1 is 1.00 bits per heavy atom. The molecule has 2 aliphatic heterocycles. The molecule has 2 heteroatoms. The third kappa shape index (κ3) is 0.565. The highest BCUT2D eigenvalue weighted by Gasteiger charge is 2.80. The van der Waals surface area contributed by atoms with Crippen LogP contribution in [-0.4, -0.2) is 12.1 Å². The van der Waals surface area contributed by atoms with Crippen molar-refractivity contribution in [3.05, 3.63) is 0 Å². The smallest absolute Gasteiger partial charge is 0.228 e. The Morgan fingerprint density at radius 3 is 2.10 bits per heavy atom. The van der Waals surface area contributed by atoms with E-state index in [9.17, 15) is 0 Å². The molecule has 0 aromatic heterocycles. The van der Waals surface area contributed by atoms with Gasteiger partial charge in [0.25, 0.3) is 0 Å². The molecular weight excluding hydrogens is 128 g/mol.